The van der Waals surface area contributed by atoms with Gasteiger partial charge in [0, 0.05) is 24.5 Å². The Labute approximate surface area is 116 Å². The minimum atomic E-state index is 0.401. The van der Waals surface area contributed by atoms with Crippen LogP contribution in [0.5, 0.6) is 0 Å². The number of anilines is 2. The topological polar surface area (TPSA) is 80.2 Å². The maximum atomic E-state index is 5.44. The van der Waals surface area contributed by atoms with Gasteiger partial charge in [-0.25, -0.2) is 10.8 Å². The molecule has 2 aromatic heterocycles. The van der Waals surface area contributed by atoms with Crippen molar-refractivity contribution in [1.82, 2.24) is 9.97 Å². The van der Waals surface area contributed by atoms with Crippen LogP contribution in [0.1, 0.15) is 5.56 Å². The molecule has 0 amide bonds. The number of para-hydroxylation sites is 1. The van der Waals surface area contributed by atoms with Crippen LogP contribution in [-0.4, -0.2) is 17.0 Å². The van der Waals surface area contributed by atoms with Gasteiger partial charge in [0.15, 0.2) is 0 Å². The van der Waals surface area contributed by atoms with E-state index in [2.05, 4.69) is 15.4 Å². The molecule has 0 radical (unpaired) electrons. The molecule has 0 saturated heterocycles. The molecule has 3 rings (SSSR count). The lowest BCUT2D eigenvalue weighted by Crippen LogP contribution is -2.20. The van der Waals surface area contributed by atoms with E-state index in [9.17, 15) is 0 Å². The first-order chi connectivity index (χ1) is 9.78. The summed E-state index contributed by atoms with van der Waals surface area (Å²) < 4.78 is 5.09. The summed E-state index contributed by atoms with van der Waals surface area (Å²) in [7, 11) is 1.97. The molecule has 102 valence electrons. The van der Waals surface area contributed by atoms with Crippen LogP contribution in [0.3, 0.4) is 0 Å². The highest BCUT2D eigenvalue weighted by molar-refractivity contribution is 5.90. The molecule has 0 saturated carbocycles. The third-order valence-corrected chi connectivity index (χ3v) is 3.07. The van der Waals surface area contributed by atoms with Crippen LogP contribution in [0, 0.1) is 0 Å². The van der Waals surface area contributed by atoms with Gasteiger partial charge in [-0.3, -0.25) is 5.43 Å². The Morgan fingerprint density at radius 1 is 1.25 bits per heavy atom. The van der Waals surface area contributed by atoms with Crippen LogP contribution in [-0.2, 0) is 6.54 Å². The Bertz CT molecular complexity index is 711. The highest BCUT2D eigenvalue weighted by Crippen LogP contribution is 2.25. The monoisotopic (exact) mass is 269 g/mol. The first kappa shape index (κ1) is 12.4. The van der Waals surface area contributed by atoms with Crippen molar-refractivity contribution in [3.63, 3.8) is 0 Å². The lowest BCUT2D eigenvalue weighted by Gasteiger charge is -2.19. The van der Waals surface area contributed by atoms with E-state index in [4.69, 9.17) is 10.3 Å². The Balaban J connectivity index is 2.04. The Hall–Kier alpha value is -2.60. The number of nitrogens with one attached hydrogen (secondary N) is 1. The Kier molecular flexibility index (Phi) is 3.22. The first-order valence-corrected chi connectivity index (χ1v) is 6.23. The molecule has 6 heteroatoms. The fraction of sp³-hybridized carbons (Fsp3) is 0.143. The van der Waals surface area contributed by atoms with Crippen LogP contribution >= 0.6 is 0 Å². The average molecular weight is 269 g/mol. The number of fused-ring (bicyclic) bond motifs is 1. The minimum absolute atomic E-state index is 0.401. The van der Waals surface area contributed by atoms with E-state index in [1.165, 1.54) is 0 Å². The van der Waals surface area contributed by atoms with Crippen molar-refractivity contribution < 1.29 is 4.42 Å². The number of nitrogens with zero attached hydrogens (tertiary/aromatic N) is 3. The summed E-state index contributed by atoms with van der Waals surface area (Å²) in [6.07, 6.45) is 3.39. The van der Waals surface area contributed by atoms with Crippen LogP contribution in [0.4, 0.5) is 11.8 Å². The predicted molar refractivity (Wildman–Crippen MR) is 78.2 cm³/mol. The highest BCUT2D eigenvalue weighted by atomic mass is 16.3. The molecule has 0 atom stereocenters. The van der Waals surface area contributed by atoms with Gasteiger partial charge < -0.3 is 9.32 Å². The number of hydrogen-bond donors (Lipinski definition) is 2. The zero-order chi connectivity index (χ0) is 13.9. The lowest BCUT2D eigenvalue weighted by atomic mass is 10.2. The van der Waals surface area contributed by atoms with Gasteiger partial charge in [-0.1, -0.05) is 12.1 Å². The number of hydrazine groups is 1. The molecule has 6 nitrogen and oxygen atoms in total. The third kappa shape index (κ3) is 2.28. The number of hydrogen-bond acceptors (Lipinski definition) is 6. The van der Waals surface area contributed by atoms with Crippen LogP contribution in [0.2, 0.25) is 0 Å². The molecule has 0 aliphatic heterocycles. The number of rotatable bonds is 4. The van der Waals surface area contributed by atoms with Crippen LogP contribution in [0.25, 0.3) is 10.9 Å². The van der Waals surface area contributed by atoms with Gasteiger partial charge in [0.2, 0.25) is 5.95 Å². The summed E-state index contributed by atoms with van der Waals surface area (Å²) in [6.45, 7) is 0.696. The zero-order valence-electron chi connectivity index (χ0n) is 11.1. The molecular formula is C14H15N5O. The second kappa shape index (κ2) is 5.18. The van der Waals surface area contributed by atoms with E-state index >= 15 is 0 Å². The minimum Gasteiger partial charge on any atom is -0.472 e. The van der Waals surface area contributed by atoms with Gasteiger partial charge >= 0.3 is 0 Å². The second-order valence-electron chi connectivity index (χ2n) is 4.52. The molecule has 3 N–H and O–H groups in total. The van der Waals surface area contributed by atoms with Gasteiger partial charge in [-0.15, -0.1) is 0 Å². The molecule has 0 fully saturated rings. The maximum Gasteiger partial charge on any atom is 0.239 e. The van der Waals surface area contributed by atoms with Gasteiger partial charge in [0.25, 0.3) is 0 Å². The largest absolute Gasteiger partial charge is 0.472 e. The predicted octanol–water partition coefficient (Wildman–Crippen LogP) is 2.14. The molecule has 1 aromatic carbocycles. The van der Waals surface area contributed by atoms with E-state index in [0.717, 1.165) is 22.3 Å². The van der Waals surface area contributed by atoms with Crippen molar-refractivity contribution in [2.45, 2.75) is 6.54 Å². The maximum absolute atomic E-state index is 5.44. The van der Waals surface area contributed by atoms with Crippen molar-refractivity contribution in [3.05, 3.63) is 48.4 Å². The van der Waals surface area contributed by atoms with Crippen molar-refractivity contribution in [2.24, 2.45) is 5.84 Å². The molecule has 2 heterocycles. The van der Waals surface area contributed by atoms with Gasteiger partial charge in [-0.05, 0) is 18.2 Å². The number of nitrogens with two attached hydrogens (primary N) is 1. The fourth-order valence-corrected chi connectivity index (χ4v) is 2.15. The fourth-order valence-electron chi connectivity index (χ4n) is 2.15. The van der Waals surface area contributed by atoms with Crippen molar-refractivity contribution >= 4 is 22.7 Å². The SMILES string of the molecule is CN(Cc1ccoc1)c1nc(NN)nc2ccccc12. The normalized spacial score (nSPS) is 10.7. The van der Waals surface area contributed by atoms with Gasteiger partial charge in [0.1, 0.15) is 5.82 Å². The highest BCUT2D eigenvalue weighted by Gasteiger charge is 2.11. The molecular weight excluding hydrogens is 254 g/mol. The van der Waals surface area contributed by atoms with Crippen molar-refractivity contribution in [2.75, 3.05) is 17.4 Å². The molecule has 0 aliphatic carbocycles. The standard InChI is InChI=1S/C14H15N5O/c1-19(8-10-6-7-20-9-10)13-11-4-2-3-5-12(11)16-14(17-13)18-15/h2-7,9H,8,15H2,1H3,(H,16,17,18). The van der Waals surface area contributed by atoms with Crippen LogP contribution in [0.15, 0.2) is 47.3 Å². The molecule has 0 spiro atoms. The summed E-state index contributed by atoms with van der Waals surface area (Å²) in [5.41, 5.74) is 4.44. The summed E-state index contributed by atoms with van der Waals surface area (Å²) in [5, 5.41) is 0.984. The van der Waals surface area contributed by atoms with Crippen LogP contribution < -0.4 is 16.2 Å². The van der Waals surface area contributed by atoms with E-state index in [1.54, 1.807) is 12.5 Å². The van der Waals surface area contributed by atoms with E-state index in [0.29, 0.717) is 12.5 Å². The van der Waals surface area contributed by atoms with E-state index in [1.807, 2.05) is 42.3 Å². The molecule has 3 aromatic rings. The molecule has 0 aliphatic rings. The lowest BCUT2D eigenvalue weighted by molar-refractivity contribution is 0.563. The zero-order valence-corrected chi connectivity index (χ0v) is 11.1. The summed E-state index contributed by atoms with van der Waals surface area (Å²) in [5.74, 6) is 6.66. The van der Waals surface area contributed by atoms with E-state index < -0.39 is 0 Å². The Morgan fingerprint density at radius 3 is 2.85 bits per heavy atom. The summed E-state index contributed by atoms with van der Waals surface area (Å²) in [6, 6.07) is 9.78. The average Bonchev–Trinajstić information content (AvgIpc) is 2.98. The number of furan rings is 1. The second-order valence-corrected chi connectivity index (χ2v) is 4.52. The summed E-state index contributed by atoms with van der Waals surface area (Å²) in [4.78, 5) is 10.8. The number of nitrogen functional groups attached to an aromatic ring is 1. The van der Waals surface area contributed by atoms with E-state index in [-0.39, 0.29) is 0 Å². The first-order valence-electron chi connectivity index (χ1n) is 6.23. The summed E-state index contributed by atoms with van der Waals surface area (Å²) >= 11 is 0. The smallest absolute Gasteiger partial charge is 0.239 e. The Morgan fingerprint density at radius 2 is 2.10 bits per heavy atom. The molecule has 0 unspecified atom stereocenters. The quantitative estimate of drug-likeness (QED) is 0.558. The van der Waals surface area contributed by atoms with Crippen molar-refractivity contribution in [1.29, 1.82) is 0 Å². The number of aromatic nitrogens is 2. The molecule has 20 heavy (non-hydrogen) atoms. The third-order valence-electron chi connectivity index (χ3n) is 3.07. The van der Waals surface area contributed by atoms with Gasteiger partial charge in [0.05, 0.1) is 18.0 Å². The van der Waals surface area contributed by atoms with Gasteiger partial charge in [-0.2, -0.15) is 4.98 Å². The number of benzene rings is 1. The van der Waals surface area contributed by atoms with Crippen molar-refractivity contribution in [3.8, 4) is 0 Å². The molecule has 0 bridgehead atoms.